The van der Waals surface area contributed by atoms with Gasteiger partial charge < -0.3 is 10.6 Å². The van der Waals surface area contributed by atoms with Gasteiger partial charge in [0, 0.05) is 37.7 Å². The molecule has 2 aliphatic rings. The van der Waals surface area contributed by atoms with Crippen LogP contribution >= 0.6 is 11.6 Å². The Kier molecular flexibility index (Phi) is 5.99. The molecule has 0 radical (unpaired) electrons. The largest absolute Gasteiger partial charge is 0.385 e. The molecule has 0 unspecified atom stereocenters. The Morgan fingerprint density at radius 1 is 1.00 bits per heavy atom. The molecule has 0 atom stereocenters. The van der Waals surface area contributed by atoms with Crippen LogP contribution in [0, 0.1) is 0 Å². The first-order valence-electron chi connectivity index (χ1n) is 8.31. The Labute approximate surface area is 156 Å². The molecule has 1 saturated heterocycles. The van der Waals surface area contributed by atoms with Gasteiger partial charge in [-0.1, -0.05) is 29.8 Å². The standard InChI is InChI=1S/C14H14ClN3O2.C5H5N/c15-11(12-7-16-5-6-17-12)8-18-13(19)9-3-1-2-4-10(9)14(18)20;1-2-4-6-5-3-1/h1-4,16-17H,5-8H2;1-5H/b12-11+;. The summed E-state index contributed by atoms with van der Waals surface area (Å²) in [5, 5.41) is 6.86. The Bertz CT molecular complexity index is 754. The number of halogens is 1. The van der Waals surface area contributed by atoms with Crippen molar-refractivity contribution in [1.82, 2.24) is 20.5 Å². The van der Waals surface area contributed by atoms with E-state index in [2.05, 4.69) is 15.6 Å². The minimum absolute atomic E-state index is 0.109. The van der Waals surface area contributed by atoms with Crippen LogP contribution < -0.4 is 10.6 Å². The van der Waals surface area contributed by atoms with E-state index in [1.54, 1.807) is 36.7 Å². The predicted octanol–water partition coefficient (Wildman–Crippen LogP) is 2.01. The summed E-state index contributed by atoms with van der Waals surface area (Å²) in [6.07, 6.45) is 3.50. The molecule has 0 spiro atoms. The first kappa shape index (κ1) is 18.1. The Balaban J connectivity index is 0.000000278. The van der Waals surface area contributed by atoms with Crippen LogP contribution in [0.5, 0.6) is 0 Å². The van der Waals surface area contributed by atoms with Gasteiger partial charge in [0.05, 0.1) is 22.7 Å². The van der Waals surface area contributed by atoms with E-state index in [0.29, 0.717) is 22.7 Å². The van der Waals surface area contributed by atoms with Gasteiger partial charge in [0.1, 0.15) is 0 Å². The average molecular weight is 371 g/mol. The molecule has 134 valence electrons. The number of benzene rings is 1. The number of pyridine rings is 1. The summed E-state index contributed by atoms with van der Waals surface area (Å²) >= 11 is 6.24. The Morgan fingerprint density at radius 3 is 2.12 bits per heavy atom. The third kappa shape index (κ3) is 4.09. The first-order valence-corrected chi connectivity index (χ1v) is 8.68. The molecule has 4 rings (SSSR count). The van der Waals surface area contributed by atoms with Crippen molar-refractivity contribution in [2.24, 2.45) is 0 Å². The number of rotatable bonds is 2. The molecule has 7 heteroatoms. The molecule has 2 amide bonds. The lowest BCUT2D eigenvalue weighted by molar-refractivity contribution is 0.0670. The van der Waals surface area contributed by atoms with Crippen LogP contribution in [-0.2, 0) is 0 Å². The van der Waals surface area contributed by atoms with Crippen molar-refractivity contribution in [3.8, 4) is 0 Å². The lowest BCUT2D eigenvalue weighted by atomic mass is 10.1. The minimum atomic E-state index is -0.284. The number of nitrogens with zero attached hydrogens (tertiary/aromatic N) is 2. The molecule has 2 N–H and O–H groups in total. The number of aromatic nitrogens is 1. The smallest absolute Gasteiger partial charge is 0.261 e. The molecule has 0 aliphatic carbocycles. The number of fused-ring (bicyclic) bond motifs is 1. The zero-order valence-corrected chi connectivity index (χ0v) is 14.9. The molecule has 6 nitrogen and oxygen atoms in total. The summed E-state index contributed by atoms with van der Waals surface area (Å²) in [5.74, 6) is -0.568. The van der Waals surface area contributed by atoms with Crippen molar-refractivity contribution < 1.29 is 9.59 Å². The van der Waals surface area contributed by atoms with Crippen LogP contribution in [0.2, 0.25) is 0 Å². The molecule has 26 heavy (non-hydrogen) atoms. The molecule has 1 aromatic carbocycles. The van der Waals surface area contributed by atoms with Crippen LogP contribution in [0.1, 0.15) is 20.7 Å². The van der Waals surface area contributed by atoms with Crippen LogP contribution in [-0.4, -0.2) is 47.9 Å². The monoisotopic (exact) mass is 370 g/mol. The van der Waals surface area contributed by atoms with E-state index in [-0.39, 0.29) is 18.4 Å². The predicted molar refractivity (Wildman–Crippen MR) is 99.8 cm³/mol. The maximum atomic E-state index is 12.2. The van der Waals surface area contributed by atoms with Gasteiger partial charge in [-0.2, -0.15) is 0 Å². The zero-order chi connectivity index (χ0) is 18.4. The van der Waals surface area contributed by atoms with Gasteiger partial charge in [0.15, 0.2) is 0 Å². The summed E-state index contributed by atoms with van der Waals surface area (Å²) in [4.78, 5) is 29.4. The van der Waals surface area contributed by atoms with Gasteiger partial charge in [-0.25, -0.2) is 0 Å². The topological polar surface area (TPSA) is 74.3 Å². The molecule has 1 fully saturated rings. The number of carbonyl (C=O) groups is 2. The van der Waals surface area contributed by atoms with E-state index in [9.17, 15) is 9.59 Å². The number of piperazine rings is 1. The maximum Gasteiger partial charge on any atom is 0.261 e. The Morgan fingerprint density at radius 2 is 1.65 bits per heavy atom. The van der Waals surface area contributed by atoms with Crippen molar-refractivity contribution in [2.45, 2.75) is 0 Å². The SMILES string of the molecule is O=C1c2ccccc2C(=O)N1C/C(Cl)=C1/CNCCN1.c1ccncc1. The summed E-state index contributed by atoms with van der Waals surface area (Å²) in [6, 6.07) is 12.5. The number of imide groups is 1. The molecular weight excluding hydrogens is 352 g/mol. The first-order chi connectivity index (χ1) is 12.7. The van der Waals surface area contributed by atoms with Crippen LogP contribution in [0.4, 0.5) is 0 Å². The summed E-state index contributed by atoms with van der Waals surface area (Å²) in [5.41, 5.74) is 1.73. The Hall–Kier alpha value is -2.70. The quantitative estimate of drug-likeness (QED) is 0.791. The highest BCUT2D eigenvalue weighted by Crippen LogP contribution is 2.24. The highest BCUT2D eigenvalue weighted by Gasteiger charge is 2.35. The van der Waals surface area contributed by atoms with E-state index in [1.165, 1.54) is 4.90 Å². The molecular formula is C19H19ClN4O2. The fraction of sp³-hybridized carbons (Fsp3) is 0.211. The van der Waals surface area contributed by atoms with Crippen molar-refractivity contribution in [2.75, 3.05) is 26.2 Å². The molecule has 3 heterocycles. The second-order valence-electron chi connectivity index (χ2n) is 5.75. The van der Waals surface area contributed by atoms with Crippen LogP contribution in [0.15, 0.2) is 65.6 Å². The molecule has 2 aliphatic heterocycles. The van der Waals surface area contributed by atoms with E-state index in [4.69, 9.17) is 11.6 Å². The van der Waals surface area contributed by atoms with E-state index < -0.39 is 0 Å². The second kappa shape index (κ2) is 8.60. The number of amides is 2. The summed E-state index contributed by atoms with van der Waals surface area (Å²) < 4.78 is 0. The van der Waals surface area contributed by atoms with E-state index >= 15 is 0 Å². The van der Waals surface area contributed by atoms with Gasteiger partial charge >= 0.3 is 0 Å². The fourth-order valence-corrected chi connectivity index (χ4v) is 2.95. The number of hydrogen-bond acceptors (Lipinski definition) is 5. The molecule has 0 bridgehead atoms. The minimum Gasteiger partial charge on any atom is -0.385 e. The molecule has 2 aromatic rings. The molecule has 0 saturated carbocycles. The third-order valence-corrected chi connectivity index (χ3v) is 4.36. The number of carbonyl (C=O) groups excluding carboxylic acids is 2. The highest BCUT2D eigenvalue weighted by atomic mass is 35.5. The van der Waals surface area contributed by atoms with E-state index in [0.717, 1.165) is 18.8 Å². The third-order valence-electron chi connectivity index (χ3n) is 4.01. The van der Waals surface area contributed by atoms with E-state index in [1.807, 2.05) is 18.2 Å². The molecule has 1 aromatic heterocycles. The maximum absolute atomic E-state index is 12.2. The van der Waals surface area contributed by atoms with Crippen LogP contribution in [0.3, 0.4) is 0 Å². The lowest BCUT2D eigenvalue weighted by Gasteiger charge is -2.21. The average Bonchev–Trinajstić information content (AvgIpc) is 2.95. The van der Waals surface area contributed by atoms with Crippen molar-refractivity contribution in [3.63, 3.8) is 0 Å². The summed E-state index contributed by atoms with van der Waals surface area (Å²) in [7, 11) is 0. The number of hydrogen-bond donors (Lipinski definition) is 2. The summed E-state index contributed by atoms with van der Waals surface area (Å²) in [6.45, 7) is 2.40. The fourth-order valence-electron chi connectivity index (χ4n) is 2.70. The normalized spacial score (nSPS) is 17.8. The van der Waals surface area contributed by atoms with Crippen molar-refractivity contribution >= 4 is 23.4 Å². The van der Waals surface area contributed by atoms with Gasteiger partial charge in [-0.15, -0.1) is 0 Å². The van der Waals surface area contributed by atoms with Gasteiger partial charge in [0.2, 0.25) is 0 Å². The zero-order valence-electron chi connectivity index (χ0n) is 14.1. The van der Waals surface area contributed by atoms with Crippen molar-refractivity contribution in [3.05, 3.63) is 76.7 Å². The van der Waals surface area contributed by atoms with Gasteiger partial charge in [-0.3, -0.25) is 19.5 Å². The lowest BCUT2D eigenvalue weighted by Crippen LogP contribution is -2.40. The highest BCUT2D eigenvalue weighted by molar-refractivity contribution is 6.31. The second-order valence-corrected chi connectivity index (χ2v) is 6.21. The van der Waals surface area contributed by atoms with Gasteiger partial charge in [0.25, 0.3) is 11.8 Å². The van der Waals surface area contributed by atoms with Gasteiger partial charge in [-0.05, 0) is 24.3 Å². The van der Waals surface area contributed by atoms with Crippen molar-refractivity contribution in [1.29, 1.82) is 0 Å². The van der Waals surface area contributed by atoms with Crippen LogP contribution in [0.25, 0.3) is 0 Å². The number of nitrogens with one attached hydrogen (secondary N) is 2.